The molecule has 6 nitrogen and oxygen atoms in total. The van der Waals surface area contributed by atoms with E-state index in [0.717, 1.165) is 60.3 Å². The molecule has 34 heavy (non-hydrogen) atoms. The zero-order chi connectivity index (χ0) is 23.5. The average Bonchev–Trinajstić information content (AvgIpc) is 2.87. The van der Waals surface area contributed by atoms with Crippen molar-refractivity contribution in [1.82, 2.24) is 19.4 Å². The first-order valence-corrected chi connectivity index (χ1v) is 12.0. The first kappa shape index (κ1) is 22.3. The maximum absolute atomic E-state index is 13.4. The molecule has 6 heteroatoms. The Morgan fingerprint density at radius 2 is 1.97 bits per heavy atom. The van der Waals surface area contributed by atoms with Crippen molar-refractivity contribution in [2.24, 2.45) is 7.05 Å². The lowest BCUT2D eigenvalue weighted by atomic mass is 10.0. The van der Waals surface area contributed by atoms with Gasteiger partial charge in [0.1, 0.15) is 0 Å². The van der Waals surface area contributed by atoms with Crippen molar-refractivity contribution in [2.45, 2.75) is 38.9 Å². The van der Waals surface area contributed by atoms with Gasteiger partial charge in [0.2, 0.25) is 0 Å². The highest BCUT2D eigenvalue weighted by atomic mass is 16.1. The van der Waals surface area contributed by atoms with Crippen molar-refractivity contribution < 1.29 is 0 Å². The second-order valence-electron chi connectivity index (χ2n) is 9.28. The predicted octanol–water partition coefficient (Wildman–Crippen LogP) is 4.31. The van der Waals surface area contributed by atoms with Gasteiger partial charge < -0.3 is 9.47 Å². The molecule has 1 atom stereocenters. The standard InChI is InChI=1S/C28H31N5O/c1-21-15-22(11-13-30-21)17-33(25-8-6-14-32(20-25)24-7-5-12-29-16-24)19-23-18-31(2)27-10-4-3-9-26(27)28(23)34/h3-5,7,9-13,15-16,18,25H,6,8,14,17,19-20H2,1-2H3. The van der Waals surface area contributed by atoms with Crippen LogP contribution in [0.1, 0.15) is 29.7 Å². The van der Waals surface area contributed by atoms with E-state index in [1.54, 1.807) is 0 Å². The van der Waals surface area contributed by atoms with Crippen LogP contribution in [0.3, 0.4) is 0 Å². The van der Waals surface area contributed by atoms with Crippen molar-refractivity contribution in [2.75, 3.05) is 18.0 Å². The summed E-state index contributed by atoms with van der Waals surface area (Å²) in [5.41, 5.74) is 5.33. The Bertz CT molecular complexity index is 1330. The first-order valence-electron chi connectivity index (χ1n) is 12.0. The number of piperidine rings is 1. The van der Waals surface area contributed by atoms with Crippen LogP contribution in [0.15, 0.2) is 78.1 Å². The third-order valence-corrected chi connectivity index (χ3v) is 6.81. The minimum absolute atomic E-state index is 0.129. The molecule has 0 amide bonds. The molecule has 4 aromatic rings. The number of benzene rings is 1. The van der Waals surface area contributed by atoms with E-state index in [2.05, 4.69) is 42.5 Å². The molecule has 1 saturated heterocycles. The summed E-state index contributed by atoms with van der Waals surface area (Å²) in [7, 11) is 2.02. The number of pyridine rings is 3. The predicted molar refractivity (Wildman–Crippen MR) is 137 cm³/mol. The molecule has 0 bridgehead atoms. The van der Waals surface area contributed by atoms with Gasteiger partial charge in [-0.15, -0.1) is 0 Å². The Kier molecular flexibility index (Phi) is 6.41. The fourth-order valence-corrected chi connectivity index (χ4v) is 5.12. The molecular formula is C28H31N5O. The molecule has 1 aromatic carbocycles. The molecule has 1 fully saturated rings. The summed E-state index contributed by atoms with van der Waals surface area (Å²) in [6.45, 7) is 5.37. The number of aromatic nitrogens is 3. The zero-order valence-corrected chi connectivity index (χ0v) is 19.9. The van der Waals surface area contributed by atoms with Crippen LogP contribution in [0.2, 0.25) is 0 Å². The Hall–Kier alpha value is -3.51. The van der Waals surface area contributed by atoms with Gasteiger partial charge in [-0.05, 0) is 61.7 Å². The SMILES string of the molecule is Cc1cc(CN(Cc2cn(C)c3ccccc3c2=O)C2CCCN(c3cccnc3)C2)ccn1. The molecule has 1 aliphatic rings. The van der Waals surface area contributed by atoms with Crippen LogP contribution < -0.4 is 10.3 Å². The quantitative estimate of drug-likeness (QED) is 0.436. The molecule has 5 rings (SSSR count). The fraction of sp³-hybridized carbons (Fsp3) is 0.321. The van der Waals surface area contributed by atoms with Gasteiger partial charge in [0.15, 0.2) is 5.43 Å². The van der Waals surface area contributed by atoms with E-state index in [1.165, 1.54) is 5.56 Å². The maximum atomic E-state index is 13.4. The summed E-state index contributed by atoms with van der Waals surface area (Å²) < 4.78 is 2.07. The van der Waals surface area contributed by atoms with Crippen LogP contribution >= 0.6 is 0 Å². The number of para-hydroxylation sites is 1. The second-order valence-corrected chi connectivity index (χ2v) is 9.28. The normalized spacial score (nSPS) is 16.3. The number of nitrogens with zero attached hydrogens (tertiary/aromatic N) is 5. The summed E-state index contributed by atoms with van der Waals surface area (Å²) in [6, 6.07) is 16.5. The topological polar surface area (TPSA) is 54.3 Å². The molecule has 174 valence electrons. The molecular weight excluding hydrogens is 422 g/mol. The van der Waals surface area contributed by atoms with Crippen LogP contribution in [-0.2, 0) is 20.1 Å². The van der Waals surface area contributed by atoms with Crippen molar-refractivity contribution in [3.63, 3.8) is 0 Å². The third-order valence-electron chi connectivity index (χ3n) is 6.81. The van der Waals surface area contributed by atoms with E-state index in [1.807, 2.05) is 69.1 Å². The van der Waals surface area contributed by atoms with Gasteiger partial charge in [-0.2, -0.15) is 0 Å². The lowest BCUT2D eigenvalue weighted by Gasteiger charge is -2.40. The highest BCUT2D eigenvalue weighted by molar-refractivity contribution is 5.79. The first-order chi connectivity index (χ1) is 16.6. The number of fused-ring (bicyclic) bond motifs is 1. The molecule has 0 aliphatic carbocycles. The van der Waals surface area contributed by atoms with E-state index in [0.29, 0.717) is 12.6 Å². The van der Waals surface area contributed by atoms with Crippen LogP contribution in [0.25, 0.3) is 10.9 Å². The molecule has 3 aromatic heterocycles. The minimum atomic E-state index is 0.129. The van der Waals surface area contributed by atoms with Crippen molar-refractivity contribution in [1.29, 1.82) is 0 Å². The summed E-state index contributed by atoms with van der Waals surface area (Å²) in [5.74, 6) is 0. The lowest BCUT2D eigenvalue weighted by molar-refractivity contribution is 0.158. The lowest BCUT2D eigenvalue weighted by Crippen LogP contribution is -2.48. The van der Waals surface area contributed by atoms with E-state index in [9.17, 15) is 4.79 Å². The van der Waals surface area contributed by atoms with E-state index < -0.39 is 0 Å². The monoisotopic (exact) mass is 453 g/mol. The molecule has 0 radical (unpaired) electrons. The summed E-state index contributed by atoms with van der Waals surface area (Å²) in [5, 5.41) is 0.780. The van der Waals surface area contributed by atoms with Gasteiger partial charge in [0, 0.05) is 74.5 Å². The summed E-state index contributed by atoms with van der Waals surface area (Å²) >= 11 is 0. The molecule has 0 N–H and O–H groups in total. The van der Waals surface area contributed by atoms with Crippen LogP contribution in [0.5, 0.6) is 0 Å². The highest BCUT2D eigenvalue weighted by Gasteiger charge is 2.27. The number of aryl methyl sites for hydroxylation is 2. The van der Waals surface area contributed by atoms with Crippen LogP contribution in [0, 0.1) is 6.92 Å². The number of rotatable bonds is 6. The van der Waals surface area contributed by atoms with Gasteiger partial charge in [-0.25, -0.2) is 0 Å². The smallest absolute Gasteiger partial charge is 0.193 e. The van der Waals surface area contributed by atoms with Crippen LogP contribution in [0.4, 0.5) is 5.69 Å². The van der Waals surface area contributed by atoms with Crippen molar-refractivity contribution in [3.8, 4) is 0 Å². The Balaban J connectivity index is 1.48. The molecule has 4 heterocycles. The van der Waals surface area contributed by atoms with Gasteiger partial charge in [-0.3, -0.25) is 19.7 Å². The average molecular weight is 454 g/mol. The molecule has 1 unspecified atom stereocenters. The van der Waals surface area contributed by atoms with E-state index in [-0.39, 0.29) is 5.43 Å². The minimum Gasteiger partial charge on any atom is -0.369 e. The van der Waals surface area contributed by atoms with Crippen molar-refractivity contribution in [3.05, 3.63) is 100 Å². The second kappa shape index (κ2) is 9.77. The fourth-order valence-electron chi connectivity index (χ4n) is 5.12. The van der Waals surface area contributed by atoms with E-state index >= 15 is 0 Å². The number of hydrogen-bond acceptors (Lipinski definition) is 5. The molecule has 0 saturated carbocycles. The van der Waals surface area contributed by atoms with Gasteiger partial charge in [0.05, 0.1) is 17.4 Å². The third kappa shape index (κ3) is 4.73. The van der Waals surface area contributed by atoms with Crippen LogP contribution in [-0.4, -0.2) is 38.6 Å². The van der Waals surface area contributed by atoms with Gasteiger partial charge in [0.25, 0.3) is 0 Å². The van der Waals surface area contributed by atoms with Crippen molar-refractivity contribution >= 4 is 16.6 Å². The molecule has 1 aliphatic heterocycles. The zero-order valence-electron chi connectivity index (χ0n) is 19.9. The number of hydrogen-bond donors (Lipinski definition) is 0. The summed E-state index contributed by atoms with van der Waals surface area (Å²) in [6.07, 6.45) is 9.87. The molecule has 0 spiro atoms. The van der Waals surface area contributed by atoms with Gasteiger partial charge >= 0.3 is 0 Å². The van der Waals surface area contributed by atoms with Gasteiger partial charge in [-0.1, -0.05) is 12.1 Å². The maximum Gasteiger partial charge on any atom is 0.193 e. The Labute approximate surface area is 200 Å². The number of anilines is 1. The van der Waals surface area contributed by atoms with E-state index in [4.69, 9.17) is 0 Å². The largest absolute Gasteiger partial charge is 0.369 e. The Morgan fingerprint density at radius 1 is 1.09 bits per heavy atom. The Morgan fingerprint density at radius 3 is 2.79 bits per heavy atom. The summed E-state index contributed by atoms with van der Waals surface area (Å²) in [4.78, 5) is 27.0. The highest BCUT2D eigenvalue weighted by Crippen LogP contribution is 2.24.